The molecule has 0 aliphatic heterocycles. The molecule has 2 N–H and O–H groups in total. The van der Waals surface area contributed by atoms with Crippen molar-refractivity contribution in [3.63, 3.8) is 0 Å². The second kappa shape index (κ2) is 4.46. The first kappa shape index (κ1) is 11.5. The lowest BCUT2D eigenvalue weighted by molar-refractivity contribution is 0.242. The lowest BCUT2D eigenvalue weighted by Gasteiger charge is -2.13. The summed E-state index contributed by atoms with van der Waals surface area (Å²) in [6.45, 7) is 4.90. The minimum Gasteiger partial charge on any atom is -0.491 e. The van der Waals surface area contributed by atoms with E-state index in [0.717, 1.165) is 18.7 Å². The van der Waals surface area contributed by atoms with Crippen molar-refractivity contribution in [2.24, 2.45) is 11.1 Å². The average molecular weight is 219 g/mol. The third-order valence-electron chi connectivity index (χ3n) is 3.26. The molecule has 0 unspecified atom stereocenters. The summed E-state index contributed by atoms with van der Waals surface area (Å²) >= 11 is 0. The Hall–Kier alpha value is -1.02. The van der Waals surface area contributed by atoms with Crippen LogP contribution in [0, 0.1) is 5.41 Å². The zero-order chi connectivity index (χ0) is 11.6. The monoisotopic (exact) mass is 219 g/mol. The molecule has 0 heterocycles. The number of hydrogen-bond donors (Lipinski definition) is 1. The molecule has 0 amide bonds. The maximum Gasteiger partial charge on any atom is 0.119 e. The van der Waals surface area contributed by atoms with Gasteiger partial charge in [-0.05, 0) is 62.8 Å². The Morgan fingerprint density at radius 3 is 2.31 bits per heavy atom. The van der Waals surface area contributed by atoms with Gasteiger partial charge in [-0.25, -0.2) is 0 Å². The number of benzene rings is 1. The van der Waals surface area contributed by atoms with Crippen molar-refractivity contribution >= 4 is 0 Å². The van der Waals surface area contributed by atoms with Gasteiger partial charge in [0.25, 0.3) is 0 Å². The second-order valence-electron chi connectivity index (χ2n) is 5.19. The summed E-state index contributed by atoms with van der Waals surface area (Å²) in [5, 5.41) is 0. The molecule has 2 rings (SSSR count). The third-order valence-corrected chi connectivity index (χ3v) is 3.26. The van der Waals surface area contributed by atoms with Gasteiger partial charge >= 0.3 is 0 Å². The largest absolute Gasteiger partial charge is 0.491 e. The minimum atomic E-state index is 0.240. The van der Waals surface area contributed by atoms with Crippen molar-refractivity contribution in [1.29, 1.82) is 0 Å². The van der Waals surface area contributed by atoms with Crippen molar-refractivity contribution in [2.45, 2.75) is 39.2 Å². The van der Waals surface area contributed by atoms with Gasteiger partial charge < -0.3 is 10.5 Å². The van der Waals surface area contributed by atoms with E-state index < -0.39 is 0 Å². The smallest absolute Gasteiger partial charge is 0.119 e. The summed E-state index contributed by atoms with van der Waals surface area (Å²) in [5.74, 6) is 0.955. The van der Waals surface area contributed by atoms with Crippen molar-refractivity contribution in [2.75, 3.05) is 6.54 Å². The highest BCUT2D eigenvalue weighted by atomic mass is 16.5. The van der Waals surface area contributed by atoms with Gasteiger partial charge in [-0.3, -0.25) is 0 Å². The van der Waals surface area contributed by atoms with Crippen LogP contribution in [0.25, 0.3) is 0 Å². The quantitative estimate of drug-likeness (QED) is 0.826. The molecular weight excluding hydrogens is 198 g/mol. The maximum atomic E-state index is 5.79. The van der Waals surface area contributed by atoms with Crippen molar-refractivity contribution < 1.29 is 4.74 Å². The van der Waals surface area contributed by atoms with Gasteiger partial charge in [0.15, 0.2) is 0 Å². The first-order valence-electron chi connectivity index (χ1n) is 6.09. The van der Waals surface area contributed by atoms with E-state index in [4.69, 9.17) is 10.5 Å². The molecule has 1 aliphatic carbocycles. The van der Waals surface area contributed by atoms with Crippen LogP contribution in [0.5, 0.6) is 5.75 Å². The van der Waals surface area contributed by atoms with Gasteiger partial charge in [0.2, 0.25) is 0 Å². The molecule has 1 aliphatic rings. The average Bonchev–Trinajstić information content (AvgIpc) is 3.01. The van der Waals surface area contributed by atoms with Crippen LogP contribution in [-0.2, 0) is 6.42 Å². The van der Waals surface area contributed by atoms with E-state index in [0.29, 0.717) is 5.41 Å². The number of ether oxygens (including phenoxy) is 1. The van der Waals surface area contributed by atoms with Crippen molar-refractivity contribution in [3.8, 4) is 5.75 Å². The van der Waals surface area contributed by atoms with Gasteiger partial charge in [0.1, 0.15) is 5.75 Å². The Kier molecular flexibility index (Phi) is 3.20. The van der Waals surface area contributed by atoms with E-state index in [2.05, 4.69) is 24.3 Å². The van der Waals surface area contributed by atoms with E-state index >= 15 is 0 Å². The van der Waals surface area contributed by atoms with Crippen LogP contribution in [0.4, 0.5) is 0 Å². The molecule has 0 spiro atoms. The summed E-state index contributed by atoms with van der Waals surface area (Å²) in [6.07, 6.45) is 3.93. The third kappa shape index (κ3) is 2.76. The van der Waals surface area contributed by atoms with Crippen LogP contribution in [0.2, 0.25) is 0 Å². The standard InChI is InChI=1S/C14H21NO/c1-11(2)16-13-5-3-12(4-6-13)9-14(10-15)7-8-14/h3-6,11H,7-10,15H2,1-2H3. The van der Waals surface area contributed by atoms with Crippen LogP contribution < -0.4 is 10.5 Å². The summed E-state index contributed by atoms with van der Waals surface area (Å²) in [7, 11) is 0. The molecule has 1 aromatic carbocycles. The van der Waals surface area contributed by atoms with Crippen LogP contribution in [0.1, 0.15) is 32.3 Å². The lowest BCUT2D eigenvalue weighted by Crippen LogP contribution is -2.17. The van der Waals surface area contributed by atoms with E-state index in [1.165, 1.54) is 18.4 Å². The van der Waals surface area contributed by atoms with Gasteiger partial charge in [-0.1, -0.05) is 12.1 Å². The van der Waals surface area contributed by atoms with Crippen LogP contribution in [0.3, 0.4) is 0 Å². The Morgan fingerprint density at radius 1 is 1.25 bits per heavy atom. The normalized spacial score (nSPS) is 17.5. The number of rotatable bonds is 5. The summed E-state index contributed by atoms with van der Waals surface area (Å²) in [6, 6.07) is 8.44. The van der Waals surface area contributed by atoms with E-state index in [1.807, 2.05) is 13.8 Å². The van der Waals surface area contributed by atoms with Crippen molar-refractivity contribution in [1.82, 2.24) is 0 Å². The Labute approximate surface area is 97.8 Å². The fourth-order valence-electron chi connectivity index (χ4n) is 2.02. The topological polar surface area (TPSA) is 35.2 Å². The molecule has 0 radical (unpaired) electrons. The number of nitrogens with two attached hydrogens (primary N) is 1. The molecule has 88 valence electrons. The van der Waals surface area contributed by atoms with Gasteiger partial charge in [0.05, 0.1) is 6.10 Å². The summed E-state index contributed by atoms with van der Waals surface area (Å²) < 4.78 is 5.62. The van der Waals surface area contributed by atoms with Gasteiger partial charge in [-0.2, -0.15) is 0 Å². The lowest BCUT2D eigenvalue weighted by atomic mass is 9.97. The molecule has 0 bridgehead atoms. The van der Waals surface area contributed by atoms with Crippen LogP contribution in [-0.4, -0.2) is 12.6 Å². The molecule has 0 aromatic heterocycles. The predicted molar refractivity (Wildman–Crippen MR) is 66.6 cm³/mol. The fraction of sp³-hybridized carbons (Fsp3) is 0.571. The molecule has 2 heteroatoms. The second-order valence-corrected chi connectivity index (χ2v) is 5.19. The van der Waals surface area contributed by atoms with E-state index in [1.54, 1.807) is 0 Å². The van der Waals surface area contributed by atoms with Gasteiger partial charge in [0, 0.05) is 0 Å². The molecule has 2 nitrogen and oxygen atoms in total. The highest BCUT2D eigenvalue weighted by Crippen LogP contribution is 2.47. The molecule has 1 aromatic rings. The Bertz CT molecular complexity index is 338. The zero-order valence-corrected chi connectivity index (χ0v) is 10.2. The minimum absolute atomic E-state index is 0.240. The molecule has 16 heavy (non-hydrogen) atoms. The predicted octanol–water partition coefficient (Wildman–Crippen LogP) is 2.76. The van der Waals surface area contributed by atoms with Crippen molar-refractivity contribution in [3.05, 3.63) is 29.8 Å². The molecule has 0 saturated heterocycles. The first-order chi connectivity index (χ1) is 7.63. The molecular formula is C14H21NO. The molecule has 1 fully saturated rings. The SMILES string of the molecule is CC(C)Oc1ccc(CC2(CN)CC2)cc1. The van der Waals surface area contributed by atoms with E-state index in [9.17, 15) is 0 Å². The van der Waals surface area contributed by atoms with Gasteiger partial charge in [-0.15, -0.1) is 0 Å². The Balaban J connectivity index is 1.97. The first-order valence-corrected chi connectivity index (χ1v) is 6.09. The Morgan fingerprint density at radius 2 is 1.88 bits per heavy atom. The fourth-order valence-corrected chi connectivity index (χ4v) is 2.02. The van der Waals surface area contributed by atoms with E-state index in [-0.39, 0.29) is 6.10 Å². The van der Waals surface area contributed by atoms with Crippen LogP contribution >= 0.6 is 0 Å². The molecule has 1 saturated carbocycles. The summed E-state index contributed by atoms with van der Waals surface area (Å²) in [4.78, 5) is 0. The number of hydrogen-bond acceptors (Lipinski definition) is 2. The highest BCUT2D eigenvalue weighted by Gasteiger charge is 2.40. The van der Waals surface area contributed by atoms with Crippen LogP contribution in [0.15, 0.2) is 24.3 Å². The zero-order valence-electron chi connectivity index (χ0n) is 10.2. The molecule has 0 atom stereocenters. The maximum absolute atomic E-state index is 5.79. The highest BCUT2D eigenvalue weighted by molar-refractivity contribution is 5.28. The summed E-state index contributed by atoms with van der Waals surface area (Å²) in [5.41, 5.74) is 7.58.